The summed E-state index contributed by atoms with van der Waals surface area (Å²) < 4.78 is 49.4. The van der Waals surface area contributed by atoms with Crippen molar-refractivity contribution in [1.82, 2.24) is 18.7 Å². The molecule has 43 heavy (non-hydrogen) atoms. The highest BCUT2D eigenvalue weighted by Gasteiger charge is 2.32. The molecule has 0 spiro atoms. The van der Waals surface area contributed by atoms with Crippen molar-refractivity contribution in [3.05, 3.63) is 85.0 Å². The molecule has 1 aromatic carbocycles. The number of ether oxygens (including phenoxy) is 1. The number of benzene rings is 1. The van der Waals surface area contributed by atoms with Crippen LogP contribution in [-0.2, 0) is 29.4 Å². The topological polar surface area (TPSA) is 80.3 Å². The van der Waals surface area contributed by atoms with Gasteiger partial charge >= 0.3 is 12.1 Å². The summed E-state index contributed by atoms with van der Waals surface area (Å²) in [5.41, 5.74) is 2.06. The lowest BCUT2D eigenvalue weighted by atomic mass is 9.96. The molecule has 8 nitrogen and oxygen atoms in total. The molecule has 0 amide bonds. The van der Waals surface area contributed by atoms with Gasteiger partial charge < -0.3 is 13.8 Å². The fourth-order valence-electron chi connectivity index (χ4n) is 4.31. The van der Waals surface area contributed by atoms with Crippen molar-refractivity contribution >= 4 is 51.3 Å². The van der Waals surface area contributed by atoms with Crippen LogP contribution in [0.2, 0.25) is 5.02 Å². The van der Waals surface area contributed by atoms with Gasteiger partial charge in [0.1, 0.15) is 11.6 Å². The Balaban J connectivity index is 0.000000340. The van der Waals surface area contributed by atoms with E-state index in [1.807, 2.05) is 69.5 Å². The smallest absolute Gasteiger partial charge is 0.410 e. The Morgan fingerprint density at radius 2 is 1.79 bits per heavy atom. The number of hydrogen-bond acceptors (Lipinski definition) is 5. The van der Waals surface area contributed by atoms with E-state index in [1.54, 1.807) is 7.05 Å². The minimum Gasteiger partial charge on any atom is -0.410 e. The van der Waals surface area contributed by atoms with Crippen molar-refractivity contribution in [3.8, 4) is 0 Å². The SMILES string of the molecule is CC.CC(C)C1=CCCC(OC(F)(F)F)=C1.Cc1nc2c(c(=O)n(CCCOPI)c(=O)n2C)n1Cc1ccc(Cl)cc1. The van der Waals surface area contributed by atoms with Crippen LogP contribution in [0.25, 0.3) is 11.2 Å². The second-order valence-corrected chi connectivity index (χ2v) is 11.9. The van der Waals surface area contributed by atoms with Gasteiger partial charge in [-0.15, -0.1) is 13.2 Å². The van der Waals surface area contributed by atoms with E-state index in [2.05, 4.69) is 31.8 Å². The van der Waals surface area contributed by atoms with Crippen LogP contribution in [0.5, 0.6) is 0 Å². The summed E-state index contributed by atoms with van der Waals surface area (Å²) in [5, 5.41) is 0.657. The standard InChI is InChI=1S/C17H19ClIN4O3P.C10H13F3O.C2H6/c1-11-20-15-14(23(11)10-12-4-6-13(18)7-5-12)16(24)22(17(25)21(15)2)8-3-9-26-27-19;1-7(2)8-4-3-5-9(6-8)14-10(11,12)13;1-2/h4-7,27H,3,8-10H2,1-2H3;4,6-7H,3,5H2,1-2H3;1-2H3. The van der Waals surface area contributed by atoms with E-state index in [-0.39, 0.29) is 22.9 Å². The van der Waals surface area contributed by atoms with Crippen molar-refractivity contribution in [2.24, 2.45) is 13.0 Å². The molecule has 1 aliphatic rings. The van der Waals surface area contributed by atoms with Crippen molar-refractivity contribution in [1.29, 1.82) is 0 Å². The minimum atomic E-state index is -4.56. The third kappa shape index (κ3) is 10.8. The van der Waals surface area contributed by atoms with Gasteiger partial charge in [0.2, 0.25) is 0 Å². The van der Waals surface area contributed by atoms with Gasteiger partial charge in [-0.3, -0.25) is 13.9 Å². The average molecular weight is 757 g/mol. The molecule has 4 rings (SSSR count). The minimum absolute atomic E-state index is 0.0173. The molecule has 14 heteroatoms. The second kappa shape index (κ2) is 17.4. The summed E-state index contributed by atoms with van der Waals surface area (Å²) in [5.74, 6) is 0.935. The first-order valence-corrected chi connectivity index (χ1v) is 18.3. The highest BCUT2D eigenvalue weighted by atomic mass is 127. The van der Waals surface area contributed by atoms with E-state index < -0.39 is 6.36 Å². The largest absolute Gasteiger partial charge is 0.572 e. The van der Waals surface area contributed by atoms with Crippen LogP contribution < -0.4 is 11.2 Å². The fraction of sp³-hybridized carbons (Fsp3) is 0.483. The average Bonchev–Trinajstić information content (AvgIpc) is 3.29. The molecule has 2 heterocycles. The number of alkyl halides is 3. The Morgan fingerprint density at radius 1 is 1.14 bits per heavy atom. The zero-order chi connectivity index (χ0) is 32.3. The molecular weight excluding hydrogens is 719 g/mol. The lowest BCUT2D eigenvalue weighted by molar-refractivity contribution is -0.306. The maximum atomic E-state index is 13.1. The number of hydrogen-bond donors (Lipinski definition) is 0. The van der Waals surface area contributed by atoms with E-state index in [4.69, 9.17) is 16.1 Å². The number of aryl methyl sites for hydroxylation is 2. The van der Waals surface area contributed by atoms with Gasteiger partial charge in [0.15, 0.2) is 11.2 Å². The van der Waals surface area contributed by atoms with Gasteiger partial charge in [-0.2, -0.15) is 0 Å². The summed E-state index contributed by atoms with van der Waals surface area (Å²) in [6.45, 7) is 11.4. The molecule has 238 valence electrons. The summed E-state index contributed by atoms with van der Waals surface area (Å²) >= 11 is 8.10. The number of nitrogens with zero attached hydrogens (tertiary/aromatic N) is 4. The molecular formula is C29H38ClF3IN4O4P. The molecule has 0 radical (unpaired) electrons. The number of rotatable bonds is 9. The van der Waals surface area contributed by atoms with Crippen LogP contribution in [0, 0.1) is 12.8 Å². The predicted octanol–water partition coefficient (Wildman–Crippen LogP) is 8.07. The molecule has 0 bridgehead atoms. The van der Waals surface area contributed by atoms with Crippen LogP contribution in [0.3, 0.4) is 0 Å². The molecule has 1 aliphatic carbocycles. The normalized spacial score (nSPS) is 13.4. The van der Waals surface area contributed by atoms with E-state index in [1.165, 1.54) is 15.2 Å². The molecule has 1 unspecified atom stereocenters. The van der Waals surface area contributed by atoms with Gasteiger partial charge in [0.05, 0.1) is 13.1 Å². The number of imidazole rings is 1. The van der Waals surface area contributed by atoms with E-state index >= 15 is 0 Å². The highest BCUT2D eigenvalue weighted by Crippen LogP contribution is 2.29. The zero-order valence-electron chi connectivity index (χ0n) is 25.1. The van der Waals surface area contributed by atoms with Gasteiger partial charge in [0, 0.05) is 31.6 Å². The first kappa shape index (κ1) is 37.0. The van der Waals surface area contributed by atoms with Crippen molar-refractivity contribution in [2.45, 2.75) is 73.3 Å². The molecule has 1 atom stereocenters. The van der Waals surface area contributed by atoms with E-state index in [9.17, 15) is 22.8 Å². The van der Waals surface area contributed by atoms with Crippen LogP contribution in [0.4, 0.5) is 13.2 Å². The van der Waals surface area contributed by atoms with Crippen LogP contribution in [-0.4, -0.2) is 31.7 Å². The van der Waals surface area contributed by atoms with Gasteiger partial charge in [-0.25, -0.2) is 9.78 Å². The van der Waals surface area contributed by atoms with E-state index in [0.717, 1.165) is 11.1 Å². The molecule has 2 aromatic heterocycles. The van der Waals surface area contributed by atoms with Gasteiger partial charge in [-0.1, -0.05) is 57.5 Å². The number of fused-ring (bicyclic) bond motifs is 1. The van der Waals surface area contributed by atoms with Crippen molar-refractivity contribution in [3.63, 3.8) is 0 Å². The Morgan fingerprint density at radius 3 is 2.37 bits per heavy atom. The predicted molar refractivity (Wildman–Crippen MR) is 176 cm³/mol. The first-order chi connectivity index (χ1) is 20.3. The number of halogens is 5. The van der Waals surface area contributed by atoms with Crippen LogP contribution in [0.1, 0.15) is 58.3 Å². The zero-order valence-corrected chi connectivity index (χ0v) is 29.0. The monoisotopic (exact) mass is 756 g/mol. The Hall–Kier alpha value is -2.15. The molecule has 0 fully saturated rings. The van der Waals surface area contributed by atoms with Gasteiger partial charge in [-0.05, 0) is 77.1 Å². The lowest BCUT2D eigenvalue weighted by Gasteiger charge is -2.18. The third-order valence-corrected chi connectivity index (χ3v) is 7.87. The first-order valence-electron chi connectivity index (χ1n) is 13.9. The summed E-state index contributed by atoms with van der Waals surface area (Å²) in [6, 6.07) is 7.45. The van der Waals surface area contributed by atoms with Crippen molar-refractivity contribution in [2.75, 3.05) is 6.61 Å². The second-order valence-electron chi connectivity index (χ2n) is 9.68. The number of allylic oxidation sites excluding steroid dienone is 4. The Bertz CT molecular complexity index is 1530. The van der Waals surface area contributed by atoms with Crippen LogP contribution >= 0.6 is 40.1 Å². The van der Waals surface area contributed by atoms with Gasteiger partial charge in [0.25, 0.3) is 5.56 Å². The quantitative estimate of drug-likeness (QED) is 0.125. The Labute approximate surface area is 269 Å². The van der Waals surface area contributed by atoms with E-state index in [0.29, 0.717) is 67.4 Å². The summed E-state index contributed by atoms with van der Waals surface area (Å²) in [6.07, 6.45) is 0.424. The highest BCUT2D eigenvalue weighted by molar-refractivity contribution is 14.2. The molecule has 0 N–H and O–H groups in total. The molecule has 0 saturated heterocycles. The molecule has 0 saturated carbocycles. The molecule has 3 aromatic rings. The maximum absolute atomic E-state index is 13.1. The van der Waals surface area contributed by atoms with Crippen LogP contribution in [0.15, 0.2) is 57.3 Å². The third-order valence-electron chi connectivity index (χ3n) is 6.37. The molecule has 0 aliphatic heterocycles. The van der Waals surface area contributed by atoms with Crippen molar-refractivity contribution < 1.29 is 22.4 Å². The fourth-order valence-corrected chi connectivity index (χ4v) is 5.31. The Kier molecular flexibility index (Phi) is 15.0. The summed E-state index contributed by atoms with van der Waals surface area (Å²) in [7, 11) is 1.64. The summed E-state index contributed by atoms with van der Waals surface area (Å²) in [4.78, 5) is 30.1. The maximum Gasteiger partial charge on any atom is 0.572 e. The lowest BCUT2D eigenvalue weighted by Crippen LogP contribution is -2.40. The number of aromatic nitrogens is 4.